The first-order chi connectivity index (χ1) is 17.8. The molecule has 6 rings (SSSR count). The monoisotopic (exact) mass is 503 g/mol. The minimum Gasteiger partial charge on any atom is -0.490 e. The normalized spacial score (nSPS) is 18.6. The van der Waals surface area contributed by atoms with Crippen LogP contribution in [0.1, 0.15) is 49.6 Å². The number of fused-ring (bicyclic) bond motifs is 2. The molecule has 2 aromatic carbocycles. The van der Waals surface area contributed by atoms with Crippen LogP contribution < -0.4 is 9.47 Å². The number of β-amino-alcohol motifs (C(OH)–C–C–N with tert-alkyl or cyclic N) is 1. The molecule has 1 atom stereocenters. The fourth-order valence-electron chi connectivity index (χ4n) is 5.53. The van der Waals surface area contributed by atoms with Gasteiger partial charge in [-0.15, -0.1) is 10.2 Å². The highest BCUT2D eigenvalue weighted by molar-refractivity contribution is 5.87. The third-order valence-electron chi connectivity index (χ3n) is 7.30. The molecule has 0 bridgehead atoms. The Kier molecular flexibility index (Phi) is 6.16. The minimum atomic E-state index is -0.587. The van der Waals surface area contributed by atoms with Crippen molar-refractivity contribution < 1.29 is 23.4 Å². The summed E-state index contributed by atoms with van der Waals surface area (Å²) in [5.41, 5.74) is 3.29. The van der Waals surface area contributed by atoms with Crippen LogP contribution in [0, 0.1) is 6.92 Å². The summed E-state index contributed by atoms with van der Waals surface area (Å²) in [7, 11) is 0. The Morgan fingerprint density at radius 2 is 1.95 bits per heavy atom. The van der Waals surface area contributed by atoms with E-state index in [1.165, 1.54) is 11.1 Å². The van der Waals surface area contributed by atoms with Crippen LogP contribution in [0.15, 0.2) is 51.3 Å². The fraction of sp³-hybridized carbons (Fsp3) is 0.448. The lowest BCUT2D eigenvalue weighted by Gasteiger charge is -2.33. The van der Waals surface area contributed by atoms with Gasteiger partial charge in [0.2, 0.25) is 5.89 Å². The van der Waals surface area contributed by atoms with Gasteiger partial charge in [-0.3, -0.25) is 0 Å². The van der Waals surface area contributed by atoms with Crippen molar-refractivity contribution in [2.75, 3.05) is 26.2 Å². The molecule has 2 aliphatic rings. The number of aliphatic hydroxyl groups is 1. The predicted octanol–water partition coefficient (Wildman–Crippen LogP) is 5.12. The molecule has 1 N–H and O–H groups in total. The molecule has 0 saturated carbocycles. The Balaban J connectivity index is 1.02. The zero-order valence-corrected chi connectivity index (χ0v) is 21.6. The van der Waals surface area contributed by atoms with E-state index in [1.807, 2.05) is 24.3 Å². The Morgan fingerprint density at radius 1 is 1.11 bits per heavy atom. The molecule has 8 nitrogen and oxygen atoms in total. The van der Waals surface area contributed by atoms with Crippen LogP contribution in [-0.2, 0) is 6.42 Å². The van der Waals surface area contributed by atoms with Gasteiger partial charge in [0.15, 0.2) is 5.76 Å². The van der Waals surface area contributed by atoms with Crippen molar-refractivity contribution in [2.45, 2.75) is 57.7 Å². The number of rotatable bonds is 7. The van der Waals surface area contributed by atoms with Crippen LogP contribution in [0.5, 0.6) is 11.5 Å². The molecule has 1 fully saturated rings. The second-order valence-electron chi connectivity index (χ2n) is 10.9. The first-order valence-corrected chi connectivity index (χ1v) is 13.0. The number of ether oxygens (including phenoxy) is 2. The topological polar surface area (TPSA) is 94.0 Å². The number of aliphatic hydroxyl groups excluding tert-OH is 1. The summed E-state index contributed by atoms with van der Waals surface area (Å²) >= 11 is 0. The van der Waals surface area contributed by atoms with E-state index in [0.29, 0.717) is 41.3 Å². The standard InChI is InChI=1S/C29H33N3O5/c1-18-30-31-28(35-18)27-14-23-25(5-4-6-26(23)36-27)34-17-22(33)16-32-11-9-19(10-12-32)20-7-8-24-21(13-20)15-29(2,3)37-24/h4-8,13-14,19,22,33H,9-12,15-17H2,1-3H3. The van der Waals surface area contributed by atoms with Crippen molar-refractivity contribution in [2.24, 2.45) is 0 Å². The summed E-state index contributed by atoms with van der Waals surface area (Å²) in [6.07, 6.45) is 2.55. The molecule has 4 aromatic rings. The van der Waals surface area contributed by atoms with Crippen molar-refractivity contribution in [3.63, 3.8) is 0 Å². The highest BCUT2D eigenvalue weighted by atomic mass is 16.5. The number of furan rings is 1. The van der Waals surface area contributed by atoms with E-state index in [2.05, 4.69) is 47.1 Å². The number of aromatic nitrogens is 2. The van der Waals surface area contributed by atoms with Crippen molar-refractivity contribution >= 4 is 11.0 Å². The summed E-state index contributed by atoms with van der Waals surface area (Å²) in [4.78, 5) is 2.33. The lowest BCUT2D eigenvalue weighted by molar-refractivity contribution is 0.0599. The zero-order valence-electron chi connectivity index (χ0n) is 21.6. The highest BCUT2D eigenvalue weighted by Crippen LogP contribution is 2.38. The number of hydrogen-bond acceptors (Lipinski definition) is 8. The van der Waals surface area contributed by atoms with Gasteiger partial charge in [0.25, 0.3) is 5.89 Å². The Bertz CT molecular complexity index is 1400. The molecule has 0 aliphatic carbocycles. The van der Waals surface area contributed by atoms with Gasteiger partial charge in [-0.05, 0) is 75.0 Å². The molecular weight excluding hydrogens is 470 g/mol. The molecule has 194 valence electrons. The third kappa shape index (κ3) is 5.08. The van der Waals surface area contributed by atoms with Gasteiger partial charge in [0.1, 0.15) is 35.4 Å². The summed E-state index contributed by atoms with van der Waals surface area (Å²) in [6.45, 7) is 8.75. The first kappa shape index (κ1) is 24.0. The van der Waals surface area contributed by atoms with E-state index < -0.39 is 6.10 Å². The molecule has 1 unspecified atom stereocenters. The van der Waals surface area contributed by atoms with Crippen LogP contribution >= 0.6 is 0 Å². The third-order valence-corrected chi connectivity index (χ3v) is 7.30. The van der Waals surface area contributed by atoms with Crippen molar-refractivity contribution in [1.82, 2.24) is 15.1 Å². The predicted molar refractivity (Wildman–Crippen MR) is 139 cm³/mol. The highest BCUT2D eigenvalue weighted by Gasteiger charge is 2.31. The van der Waals surface area contributed by atoms with Crippen molar-refractivity contribution in [3.8, 4) is 23.1 Å². The van der Waals surface area contributed by atoms with Gasteiger partial charge in [-0.1, -0.05) is 18.2 Å². The molecule has 8 heteroatoms. The van der Waals surface area contributed by atoms with Crippen molar-refractivity contribution in [3.05, 3.63) is 59.5 Å². The van der Waals surface area contributed by atoms with Crippen LogP contribution in [0.4, 0.5) is 0 Å². The van der Waals surface area contributed by atoms with Crippen LogP contribution in [-0.4, -0.2) is 58.1 Å². The smallest absolute Gasteiger partial charge is 0.283 e. The average Bonchev–Trinajstić information content (AvgIpc) is 3.58. The minimum absolute atomic E-state index is 0.110. The molecule has 2 aliphatic heterocycles. The Labute approximate surface area is 216 Å². The van der Waals surface area contributed by atoms with Crippen LogP contribution in [0.3, 0.4) is 0 Å². The Morgan fingerprint density at radius 3 is 2.73 bits per heavy atom. The van der Waals surface area contributed by atoms with E-state index in [1.54, 1.807) is 6.92 Å². The number of hydrogen-bond donors (Lipinski definition) is 1. The number of piperidine rings is 1. The van der Waals surface area contributed by atoms with Crippen LogP contribution in [0.25, 0.3) is 22.6 Å². The maximum absolute atomic E-state index is 10.7. The molecule has 0 amide bonds. The van der Waals surface area contributed by atoms with Gasteiger partial charge in [0.05, 0.1) is 5.39 Å². The van der Waals surface area contributed by atoms with E-state index in [4.69, 9.17) is 18.3 Å². The molecule has 1 saturated heterocycles. The summed E-state index contributed by atoms with van der Waals surface area (Å²) in [5.74, 6) is 3.54. The Hall–Kier alpha value is -3.36. The molecule has 37 heavy (non-hydrogen) atoms. The second-order valence-corrected chi connectivity index (χ2v) is 10.9. The zero-order chi connectivity index (χ0) is 25.6. The number of aryl methyl sites for hydroxylation is 1. The maximum atomic E-state index is 10.7. The van der Waals surface area contributed by atoms with E-state index in [9.17, 15) is 5.11 Å². The maximum Gasteiger partial charge on any atom is 0.283 e. The number of likely N-dealkylation sites (tertiary alicyclic amines) is 1. The molecule has 4 heterocycles. The van der Waals surface area contributed by atoms with E-state index in [0.717, 1.165) is 43.5 Å². The SMILES string of the molecule is Cc1nnc(-c2cc3c(OCC(O)CN4CCC(c5ccc6c(c5)CC(C)(C)O6)CC4)cccc3o2)o1. The van der Waals surface area contributed by atoms with Crippen LogP contribution in [0.2, 0.25) is 0 Å². The lowest BCUT2D eigenvalue weighted by Crippen LogP contribution is -2.40. The largest absolute Gasteiger partial charge is 0.490 e. The van der Waals surface area contributed by atoms with Gasteiger partial charge in [0, 0.05) is 26.0 Å². The van der Waals surface area contributed by atoms with E-state index in [-0.39, 0.29) is 12.2 Å². The first-order valence-electron chi connectivity index (χ1n) is 13.0. The van der Waals surface area contributed by atoms with Gasteiger partial charge >= 0.3 is 0 Å². The average molecular weight is 504 g/mol. The summed E-state index contributed by atoms with van der Waals surface area (Å²) in [6, 6.07) is 14.2. The second kappa shape index (κ2) is 9.50. The van der Waals surface area contributed by atoms with E-state index >= 15 is 0 Å². The van der Waals surface area contributed by atoms with Gasteiger partial charge in [-0.2, -0.15) is 0 Å². The lowest BCUT2D eigenvalue weighted by atomic mass is 9.87. The van der Waals surface area contributed by atoms with Gasteiger partial charge in [-0.25, -0.2) is 0 Å². The molecule has 0 spiro atoms. The summed E-state index contributed by atoms with van der Waals surface area (Å²) in [5, 5.41) is 19.4. The van der Waals surface area contributed by atoms with Gasteiger partial charge < -0.3 is 28.3 Å². The molecule has 2 aromatic heterocycles. The number of nitrogens with zero attached hydrogens (tertiary/aromatic N) is 3. The van der Waals surface area contributed by atoms with Crippen molar-refractivity contribution in [1.29, 1.82) is 0 Å². The summed E-state index contributed by atoms with van der Waals surface area (Å²) < 4.78 is 23.4. The molecule has 0 radical (unpaired) electrons. The number of benzene rings is 2. The molecular formula is C29H33N3O5. The fourth-order valence-corrected chi connectivity index (χ4v) is 5.53. The quantitative estimate of drug-likeness (QED) is 0.371.